The first-order valence-electron chi connectivity index (χ1n) is 7.45. The van der Waals surface area contributed by atoms with E-state index in [0.717, 1.165) is 11.1 Å². The van der Waals surface area contributed by atoms with Crippen LogP contribution in [0, 0.1) is 12.7 Å². The Kier molecular flexibility index (Phi) is 6.24. The van der Waals surface area contributed by atoms with Gasteiger partial charge < -0.3 is 10.1 Å². The van der Waals surface area contributed by atoms with E-state index in [-0.39, 0.29) is 18.2 Å². The smallest absolute Gasteiger partial charge is 0.262 e. The highest BCUT2D eigenvalue weighted by Crippen LogP contribution is 2.32. The minimum absolute atomic E-state index is 0.114. The number of benzene rings is 2. The molecule has 1 N–H and O–H groups in total. The highest BCUT2D eigenvalue weighted by Gasteiger charge is 2.13. The fourth-order valence-electron chi connectivity index (χ4n) is 2.17. The first-order chi connectivity index (χ1) is 11.3. The van der Waals surface area contributed by atoms with Gasteiger partial charge in [0.15, 0.2) is 6.61 Å². The van der Waals surface area contributed by atoms with E-state index >= 15 is 0 Å². The molecule has 0 aliphatic heterocycles. The van der Waals surface area contributed by atoms with Crippen molar-refractivity contribution in [2.75, 3.05) is 11.9 Å². The summed E-state index contributed by atoms with van der Waals surface area (Å²) in [5.74, 6) is -0.134. The Morgan fingerprint density at radius 3 is 2.67 bits per heavy atom. The molecule has 0 saturated carbocycles. The van der Waals surface area contributed by atoms with Gasteiger partial charge in [-0.2, -0.15) is 0 Å². The molecule has 0 bridgehead atoms. The van der Waals surface area contributed by atoms with Gasteiger partial charge in [-0.3, -0.25) is 4.79 Å². The number of carbonyl (C=O) groups is 1. The summed E-state index contributed by atoms with van der Waals surface area (Å²) in [6.45, 7) is 5.70. The van der Waals surface area contributed by atoms with Gasteiger partial charge in [-0.05, 0) is 54.3 Å². The highest BCUT2D eigenvalue weighted by molar-refractivity contribution is 9.10. The molecule has 1 amide bonds. The van der Waals surface area contributed by atoms with Crippen molar-refractivity contribution in [3.63, 3.8) is 0 Å². The van der Waals surface area contributed by atoms with Crippen LogP contribution in [0.25, 0.3) is 0 Å². The fourth-order valence-corrected chi connectivity index (χ4v) is 2.67. The van der Waals surface area contributed by atoms with Gasteiger partial charge in [0, 0.05) is 9.50 Å². The Labute approximate surface area is 154 Å². The Balaban J connectivity index is 2.07. The van der Waals surface area contributed by atoms with Crippen molar-refractivity contribution in [3.05, 3.63) is 56.8 Å². The fraction of sp³-hybridized carbons (Fsp3) is 0.278. The molecule has 0 atom stereocenters. The third kappa shape index (κ3) is 4.71. The van der Waals surface area contributed by atoms with Gasteiger partial charge in [-0.15, -0.1) is 0 Å². The molecule has 0 heterocycles. The Bertz CT molecular complexity index is 765. The van der Waals surface area contributed by atoms with Crippen molar-refractivity contribution >= 4 is 39.1 Å². The number of aryl methyl sites for hydroxylation is 1. The third-order valence-corrected chi connectivity index (χ3v) is 4.38. The lowest BCUT2D eigenvalue weighted by molar-refractivity contribution is -0.118. The summed E-state index contributed by atoms with van der Waals surface area (Å²) in [6, 6.07) is 8.09. The van der Waals surface area contributed by atoms with Crippen molar-refractivity contribution in [3.8, 4) is 5.75 Å². The van der Waals surface area contributed by atoms with Crippen LogP contribution in [0.15, 0.2) is 34.8 Å². The number of hydrogen-bond donors (Lipinski definition) is 1. The minimum Gasteiger partial charge on any atom is -0.483 e. The predicted molar refractivity (Wildman–Crippen MR) is 98.5 cm³/mol. The number of carbonyl (C=O) groups excluding carboxylic acids is 1. The normalized spacial score (nSPS) is 10.8. The van der Waals surface area contributed by atoms with Gasteiger partial charge in [0.05, 0.1) is 5.69 Å². The van der Waals surface area contributed by atoms with Crippen LogP contribution in [0.4, 0.5) is 10.1 Å². The summed E-state index contributed by atoms with van der Waals surface area (Å²) in [7, 11) is 0. The van der Waals surface area contributed by atoms with E-state index in [4.69, 9.17) is 16.3 Å². The van der Waals surface area contributed by atoms with Crippen LogP contribution in [-0.4, -0.2) is 12.5 Å². The Morgan fingerprint density at radius 1 is 1.33 bits per heavy atom. The number of hydrogen-bond acceptors (Lipinski definition) is 2. The maximum Gasteiger partial charge on any atom is 0.262 e. The summed E-state index contributed by atoms with van der Waals surface area (Å²) in [4.78, 5) is 12.0. The number of rotatable bonds is 5. The monoisotopic (exact) mass is 413 g/mol. The zero-order valence-corrected chi connectivity index (χ0v) is 16.0. The van der Waals surface area contributed by atoms with Gasteiger partial charge in [-0.25, -0.2) is 4.39 Å². The number of halogens is 3. The van der Waals surface area contributed by atoms with E-state index in [1.165, 1.54) is 12.1 Å². The molecular weight excluding hydrogens is 397 g/mol. The van der Waals surface area contributed by atoms with Crippen molar-refractivity contribution in [1.82, 2.24) is 0 Å². The summed E-state index contributed by atoms with van der Waals surface area (Å²) in [6.07, 6.45) is 0. The number of amides is 1. The lowest BCUT2D eigenvalue weighted by atomic mass is 10.0. The van der Waals surface area contributed by atoms with E-state index in [1.54, 1.807) is 6.07 Å². The summed E-state index contributed by atoms with van der Waals surface area (Å²) >= 11 is 9.32. The van der Waals surface area contributed by atoms with E-state index in [0.29, 0.717) is 15.2 Å². The second kappa shape index (κ2) is 7.99. The number of ether oxygens (including phenoxy) is 1. The number of nitrogens with one attached hydrogen (secondary N) is 1. The summed E-state index contributed by atoms with van der Waals surface area (Å²) in [5.41, 5.74) is 1.91. The predicted octanol–water partition coefficient (Wildman–Crippen LogP) is 5.69. The number of anilines is 1. The molecule has 2 aromatic carbocycles. The molecule has 128 valence electrons. The van der Waals surface area contributed by atoms with Crippen LogP contribution in [0.1, 0.15) is 30.9 Å². The molecule has 0 fully saturated rings. The lowest BCUT2D eigenvalue weighted by Crippen LogP contribution is -2.21. The van der Waals surface area contributed by atoms with Gasteiger partial charge in [0.1, 0.15) is 11.6 Å². The third-order valence-electron chi connectivity index (χ3n) is 3.48. The molecule has 2 rings (SSSR count). The second-order valence-electron chi connectivity index (χ2n) is 5.75. The second-order valence-corrected chi connectivity index (χ2v) is 7.08. The summed E-state index contributed by atoms with van der Waals surface area (Å²) < 4.78 is 20.0. The maximum atomic E-state index is 13.7. The van der Waals surface area contributed by atoms with E-state index in [9.17, 15) is 9.18 Å². The largest absolute Gasteiger partial charge is 0.483 e. The molecule has 2 aromatic rings. The standard InChI is InChI=1S/C18H18BrClFNO2/c1-10(2)13-8-14(20)11(3)6-17(13)24-9-18(23)22-16-5-4-12(19)7-15(16)21/h4-8,10H,9H2,1-3H3,(H,22,23). The topological polar surface area (TPSA) is 38.3 Å². The van der Waals surface area contributed by atoms with E-state index in [1.807, 2.05) is 32.9 Å². The van der Waals surface area contributed by atoms with Crippen molar-refractivity contribution < 1.29 is 13.9 Å². The van der Waals surface area contributed by atoms with Crippen LogP contribution in [0.2, 0.25) is 5.02 Å². The van der Waals surface area contributed by atoms with Crippen LogP contribution in [-0.2, 0) is 4.79 Å². The molecule has 0 unspecified atom stereocenters. The molecule has 0 aromatic heterocycles. The SMILES string of the molecule is Cc1cc(OCC(=O)Nc2ccc(Br)cc2F)c(C(C)C)cc1Cl. The molecule has 24 heavy (non-hydrogen) atoms. The summed E-state index contributed by atoms with van der Waals surface area (Å²) in [5, 5.41) is 3.16. The minimum atomic E-state index is -0.511. The highest BCUT2D eigenvalue weighted by atomic mass is 79.9. The van der Waals surface area contributed by atoms with Crippen molar-refractivity contribution in [2.45, 2.75) is 26.7 Å². The van der Waals surface area contributed by atoms with Gasteiger partial charge in [0.25, 0.3) is 5.91 Å². The van der Waals surface area contributed by atoms with E-state index in [2.05, 4.69) is 21.2 Å². The molecule has 0 radical (unpaired) electrons. The zero-order valence-electron chi connectivity index (χ0n) is 13.6. The molecule has 0 saturated heterocycles. The van der Waals surface area contributed by atoms with Crippen LogP contribution >= 0.6 is 27.5 Å². The van der Waals surface area contributed by atoms with Crippen LogP contribution in [0.5, 0.6) is 5.75 Å². The molecule has 0 aliphatic rings. The lowest BCUT2D eigenvalue weighted by Gasteiger charge is -2.16. The zero-order chi connectivity index (χ0) is 17.9. The molecule has 3 nitrogen and oxygen atoms in total. The van der Waals surface area contributed by atoms with Crippen molar-refractivity contribution in [2.24, 2.45) is 0 Å². The van der Waals surface area contributed by atoms with E-state index < -0.39 is 11.7 Å². The maximum absolute atomic E-state index is 13.7. The average molecular weight is 415 g/mol. The molecule has 6 heteroatoms. The Morgan fingerprint density at radius 2 is 2.04 bits per heavy atom. The first-order valence-corrected chi connectivity index (χ1v) is 8.62. The molecule has 0 aliphatic carbocycles. The van der Waals surface area contributed by atoms with Gasteiger partial charge in [0.2, 0.25) is 0 Å². The van der Waals surface area contributed by atoms with Crippen LogP contribution in [0.3, 0.4) is 0 Å². The van der Waals surface area contributed by atoms with Gasteiger partial charge in [-0.1, -0.05) is 41.4 Å². The quantitative estimate of drug-likeness (QED) is 0.682. The van der Waals surface area contributed by atoms with Crippen LogP contribution < -0.4 is 10.1 Å². The van der Waals surface area contributed by atoms with Gasteiger partial charge >= 0.3 is 0 Å². The van der Waals surface area contributed by atoms with Crippen molar-refractivity contribution in [1.29, 1.82) is 0 Å². The molecular formula is C18H18BrClFNO2. The average Bonchev–Trinajstić information content (AvgIpc) is 2.50. The molecule has 0 spiro atoms. The first kappa shape index (κ1) is 18.7. The Hall–Kier alpha value is -1.59.